The molecule has 1 aromatic carbocycles. The van der Waals surface area contributed by atoms with Gasteiger partial charge in [0.1, 0.15) is 16.4 Å². The van der Waals surface area contributed by atoms with Gasteiger partial charge >= 0.3 is 18.0 Å². The molecule has 1 saturated carbocycles. The Balaban J connectivity index is 1.67. The highest BCUT2D eigenvalue weighted by atomic mass is 35.5. The Labute approximate surface area is 223 Å². The molecule has 1 amide bonds. The molecular formula is C22H11Cl3F7N5O. The quantitative estimate of drug-likeness (QED) is 0.245. The van der Waals surface area contributed by atoms with Crippen molar-refractivity contribution < 1.29 is 35.5 Å². The Morgan fingerprint density at radius 1 is 1.00 bits per heavy atom. The number of amides is 1. The molecule has 1 fully saturated rings. The van der Waals surface area contributed by atoms with Crippen molar-refractivity contribution >= 4 is 40.7 Å². The average Bonchev–Trinajstić information content (AvgIpc) is 3.43. The van der Waals surface area contributed by atoms with Crippen molar-refractivity contribution in [1.82, 2.24) is 20.1 Å². The second-order valence-corrected chi connectivity index (χ2v) is 9.49. The van der Waals surface area contributed by atoms with Gasteiger partial charge in [0.25, 0.3) is 5.91 Å². The van der Waals surface area contributed by atoms with Crippen LogP contribution in [0.5, 0.6) is 0 Å². The summed E-state index contributed by atoms with van der Waals surface area (Å²) in [6.45, 7) is 0. The molecule has 2 heterocycles. The average molecular weight is 601 g/mol. The predicted octanol–water partition coefficient (Wildman–Crippen LogP) is 6.97. The van der Waals surface area contributed by atoms with Gasteiger partial charge in [-0.25, -0.2) is 9.67 Å². The fraction of sp³-hybridized carbons (Fsp3) is 0.273. The van der Waals surface area contributed by atoms with Crippen molar-refractivity contribution in [3.63, 3.8) is 0 Å². The van der Waals surface area contributed by atoms with Gasteiger partial charge in [-0.2, -0.15) is 41.1 Å². The van der Waals surface area contributed by atoms with Crippen LogP contribution in [0.2, 0.25) is 15.2 Å². The van der Waals surface area contributed by atoms with Crippen molar-refractivity contribution in [3.05, 3.63) is 63.1 Å². The van der Waals surface area contributed by atoms with Gasteiger partial charge in [0.15, 0.2) is 0 Å². The molecule has 6 nitrogen and oxygen atoms in total. The first-order chi connectivity index (χ1) is 17.5. The van der Waals surface area contributed by atoms with Crippen LogP contribution in [0.15, 0.2) is 36.8 Å². The Hall–Kier alpha value is -3.08. The molecule has 16 heteroatoms. The van der Waals surface area contributed by atoms with Crippen LogP contribution < -0.4 is 5.32 Å². The first kappa shape index (κ1) is 27.9. The first-order valence-electron chi connectivity index (χ1n) is 10.3. The fourth-order valence-corrected chi connectivity index (χ4v) is 4.21. The summed E-state index contributed by atoms with van der Waals surface area (Å²) in [5.74, 6) is -12.7. The molecule has 4 rings (SSSR count). The molecule has 2 aromatic heterocycles. The van der Waals surface area contributed by atoms with Crippen molar-refractivity contribution in [1.29, 1.82) is 5.26 Å². The van der Waals surface area contributed by atoms with Crippen molar-refractivity contribution in [2.24, 2.45) is 0 Å². The molecule has 0 atom stereocenters. The molecule has 0 aliphatic heterocycles. The van der Waals surface area contributed by atoms with Crippen LogP contribution >= 0.6 is 34.8 Å². The Morgan fingerprint density at radius 2 is 1.61 bits per heavy atom. The van der Waals surface area contributed by atoms with Gasteiger partial charge in [0.2, 0.25) is 0 Å². The molecular weight excluding hydrogens is 590 g/mol. The zero-order valence-electron chi connectivity index (χ0n) is 18.4. The zero-order valence-corrected chi connectivity index (χ0v) is 20.6. The van der Waals surface area contributed by atoms with E-state index in [1.54, 1.807) is 0 Å². The highest BCUT2D eigenvalue weighted by Gasteiger charge is 2.73. The maximum absolute atomic E-state index is 14.1. The molecule has 3 aromatic rings. The molecule has 0 unspecified atom stereocenters. The third kappa shape index (κ3) is 4.76. The van der Waals surface area contributed by atoms with Crippen LogP contribution in [0.1, 0.15) is 28.8 Å². The van der Waals surface area contributed by atoms with E-state index in [9.17, 15) is 40.8 Å². The minimum Gasteiger partial charge on any atom is -0.334 e. The third-order valence-electron chi connectivity index (χ3n) is 5.68. The van der Waals surface area contributed by atoms with Crippen molar-refractivity contribution in [2.75, 3.05) is 0 Å². The van der Waals surface area contributed by atoms with Gasteiger partial charge in [-0.05, 0) is 31.0 Å². The van der Waals surface area contributed by atoms with E-state index in [0.717, 1.165) is 4.68 Å². The lowest BCUT2D eigenvalue weighted by molar-refractivity contribution is -0.359. The summed E-state index contributed by atoms with van der Waals surface area (Å²) in [6, 6.07) is 3.82. The number of carbonyl (C=O) groups excluding carboxylic acids is 1. The molecule has 0 saturated heterocycles. The maximum Gasteiger partial charge on any atom is 0.460 e. The topological polar surface area (TPSA) is 83.6 Å². The number of pyridine rings is 1. The number of rotatable bonds is 6. The number of halogens is 10. The van der Waals surface area contributed by atoms with E-state index in [4.69, 9.17) is 34.8 Å². The Morgan fingerprint density at radius 3 is 2.13 bits per heavy atom. The number of carbonyl (C=O) groups is 1. The van der Waals surface area contributed by atoms with E-state index in [-0.39, 0.29) is 34.1 Å². The van der Waals surface area contributed by atoms with Crippen LogP contribution in [0.25, 0.3) is 16.8 Å². The summed E-state index contributed by atoms with van der Waals surface area (Å²) in [5, 5.41) is 14.2. The summed E-state index contributed by atoms with van der Waals surface area (Å²) in [6.07, 6.45) is -1.80. The number of benzene rings is 1. The Bertz CT molecular complexity index is 1460. The van der Waals surface area contributed by atoms with E-state index in [0.29, 0.717) is 18.4 Å². The van der Waals surface area contributed by atoms with Crippen LogP contribution in [0.3, 0.4) is 0 Å². The molecule has 200 valence electrons. The monoisotopic (exact) mass is 599 g/mol. The molecule has 0 spiro atoms. The van der Waals surface area contributed by atoms with Gasteiger partial charge < -0.3 is 5.32 Å². The molecule has 1 aliphatic carbocycles. The summed E-state index contributed by atoms with van der Waals surface area (Å²) >= 11 is 17.9. The normalized spacial score (nSPS) is 15.2. The molecule has 1 aliphatic rings. The van der Waals surface area contributed by atoms with Crippen LogP contribution in [0, 0.1) is 11.3 Å². The lowest BCUT2D eigenvalue weighted by atomic mass is 10.0. The standard InChI is InChI=1S/C22H11Cl3F7N5O/c23-14-4-12(20(26,27)21(28,29)22(30,31)32)5-15(24)16(14)37-8-11(7-35-37)10-3-13(17(25)34-6-10)18(38)36-19(9-33)1-2-19/h3-8H,1-2H2,(H,36,38). The maximum atomic E-state index is 14.1. The van der Waals surface area contributed by atoms with Crippen LogP contribution in [0.4, 0.5) is 30.7 Å². The second-order valence-electron chi connectivity index (χ2n) is 8.32. The lowest BCUT2D eigenvalue weighted by Crippen LogP contribution is -2.50. The SMILES string of the molecule is N#CC1(NC(=O)c2cc(-c3cnn(-c4c(Cl)cc(C(F)(F)C(F)(F)C(F)(F)F)cc4Cl)c3)cnc2Cl)CC1. The number of hydrogen-bond acceptors (Lipinski definition) is 4. The molecule has 1 N–H and O–H groups in total. The van der Waals surface area contributed by atoms with Gasteiger partial charge in [-0.15, -0.1) is 0 Å². The number of nitriles is 1. The third-order valence-corrected chi connectivity index (χ3v) is 6.55. The van der Waals surface area contributed by atoms with Gasteiger partial charge in [-0.3, -0.25) is 4.79 Å². The predicted molar refractivity (Wildman–Crippen MR) is 122 cm³/mol. The largest absolute Gasteiger partial charge is 0.460 e. The summed E-state index contributed by atoms with van der Waals surface area (Å²) in [7, 11) is 0. The summed E-state index contributed by atoms with van der Waals surface area (Å²) in [4.78, 5) is 16.5. The highest BCUT2D eigenvalue weighted by molar-refractivity contribution is 6.38. The van der Waals surface area contributed by atoms with Crippen molar-refractivity contribution in [3.8, 4) is 22.9 Å². The van der Waals surface area contributed by atoms with Crippen LogP contribution in [-0.4, -0.2) is 38.3 Å². The minimum absolute atomic E-state index is 0.0494. The number of hydrogen-bond donors (Lipinski definition) is 1. The van der Waals surface area contributed by atoms with E-state index in [1.807, 2.05) is 6.07 Å². The summed E-state index contributed by atoms with van der Waals surface area (Å²) in [5.41, 5.74) is -2.48. The van der Waals surface area contributed by atoms with E-state index in [1.165, 1.54) is 24.7 Å². The summed E-state index contributed by atoms with van der Waals surface area (Å²) < 4.78 is 93.9. The number of alkyl halides is 7. The lowest BCUT2D eigenvalue weighted by Gasteiger charge is -2.28. The van der Waals surface area contributed by atoms with Gasteiger partial charge in [0, 0.05) is 29.1 Å². The second kappa shape index (κ2) is 9.29. The van der Waals surface area contributed by atoms with Crippen molar-refractivity contribution in [2.45, 2.75) is 36.4 Å². The zero-order chi connectivity index (χ0) is 28.3. The highest BCUT2D eigenvalue weighted by Crippen LogP contribution is 2.53. The number of aromatic nitrogens is 3. The van der Waals surface area contributed by atoms with Crippen LogP contribution in [-0.2, 0) is 5.92 Å². The molecule has 38 heavy (non-hydrogen) atoms. The van der Waals surface area contributed by atoms with E-state index >= 15 is 0 Å². The number of nitrogens with zero attached hydrogens (tertiary/aromatic N) is 4. The molecule has 0 bridgehead atoms. The minimum atomic E-state index is -6.54. The number of nitrogens with one attached hydrogen (secondary N) is 1. The van der Waals surface area contributed by atoms with Gasteiger partial charge in [-0.1, -0.05) is 34.8 Å². The Kier molecular flexibility index (Phi) is 6.83. The molecule has 0 radical (unpaired) electrons. The first-order valence-corrected chi connectivity index (χ1v) is 11.4. The van der Waals surface area contributed by atoms with E-state index < -0.39 is 45.1 Å². The van der Waals surface area contributed by atoms with Gasteiger partial charge in [0.05, 0.1) is 27.9 Å². The van der Waals surface area contributed by atoms with E-state index in [2.05, 4.69) is 15.4 Å². The fourth-order valence-electron chi connectivity index (χ4n) is 3.36. The smallest absolute Gasteiger partial charge is 0.334 e.